The third-order valence-corrected chi connectivity index (χ3v) is 3.71. The zero-order valence-corrected chi connectivity index (χ0v) is 12.6. The maximum absolute atomic E-state index is 13.8. The number of ketones is 1. The standard InChI is InChI=1S/C13H6BrF2IO/c14-9-5-6-10(15)11(12(9)16)13(18)7-1-3-8(17)4-2-7/h1-6H. The smallest absolute Gasteiger partial charge is 0.198 e. The molecule has 0 amide bonds. The minimum absolute atomic E-state index is 0.0674. The van der Waals surface area contributed by atoms with Crippen molar-refractivity contribution in [1.29, 1.82) is 0 Å². The Morgan fingerprint density at radius 3 is 2.28 bits per heavy atom. The van der Waals surface area contributed by atoms with Crippen LogP contribution in [0.25, 0.3) is 0 Å². The lowest BCUT2D eigenvalue weighted by atomic mass is 10.0. The summed E-state index contributed by atoms with van der Waals surface area (Å²) in [7, 11) is 0. The van der Waals surface area contributed by atoms with Crippen molar-refractivity contribution in [2.24, 2.45) is 0 Å². The first kappa shape index (κ1) is 13.6. The van der Waals surface area contributed by atoms with Crippen LogP contribution in [0.15, 0.2) is 40.9 Å². The minimum atomic E-state index is -0.876. The summed E-state index contributed by atoms with van der Waals surface area (Å²) in [5.74, 6) is -2.40. The SMILES string of the molecule is O=C(c1ccc(I)cc1)c1c(F)ccc(Br)c1F. The molecule has 2 aromatic carbocycles. The van der Waals surface area contributed by atoms with E-state index in [0.29, 0.717) is 0 Å². The fourth-order valence-electron chi connectivity index (χ4n) is 1.48. The molecule has 2 aromatic rings. The van der Waals surface area contributed by atoms with Crippen LogP contribution >= 0.6 is 38.5 Å². The molecule has 0 aromatic heterocycles. The Kier molecular flexibility index (Phi) is 4.11. The highest BCUT2D eigenvalue weighted by molar-refractivity contribution is 14.1. The van der Waals surface area contributed by atoms with Crippen molar-refractivity contribution >= 4 is 44.3 Å². The van der Waals surface area contributed by atoms with E-state index in [1.165, 1.54) is 6.07 Å². The Hall–Kier alpha value is -0.820. The molecule has 0 spiro atoms. The lowest BCUT2D eigenvalue weighted by Gasteiger charge is -2.06. The molecule has 2 rings (SSSR count). The molecular weight excluding hydrogens is 417 g/mol. The van der Waals surface area contributed by atoms with E-state index < -0.39 is 23.0 Å². The van der Waals surface area contributed by atoms with Crippen LogP contribution in [0, 0.1) is 15.2 Å². The van der Waals surface area contributed by atoms with Crippen molar-refractivity contribution in [1.82, 2.24) is 0 Å². The number of carbonyl (C=O) groups is 1. The molecule has 0 radical (unpaired) electrons. The number of benzene rings is 2. The van der Waals surface area contributed by atoms with Gasteiger partial charge in [0.2, 0.25) is 0 Å². The first-order chi connectivity index (χ1) is 8.50. The second-order valence-corrected chi connectivity index (χ2v) is 5.65. The Morgan fingerprint density at radius 2 is 1.67 bits per heavy atom. The first-order valence-corrected chi connectivity index (χ1v) is 6.81. The van der Waals surface area contributed by atoms with Gasteiger partial charge in [0.05, 0.1) is 10.0 Å². The summed E-state index contributed by atoms with van der Waals surface area (Å²) in [6.07, 6.45) is 0. The molecule has 5 heteroatoms. The van der Waals surface area contributed by atoms with E-state index in [4.69, 9.17) is 0 Å². The minimum Gasteiger partial charge on any atom is -0.288 e. The average molecular weight is 423 g/mol. The van der Waals surface area contributed by atoms with Gasteiger partial charge in [0.1, 0.15) is 5.82 Å². The average Bonchev–Trinajstić information content (AvgIpc) is 2.35. The Morgan fingerprint density at radius 1 is 1.06 bits per heavy atom. The van der Waals surface area contributed by atoms with Crippen molar-refractivity contribution in [3.05, 3.63) is 67.2 Å². The number of hydrogen-bond donors (Lipinski definition) is 0. The number of hydrogen-bond acceptors (Lipinski definition) is 1. The lowest BCUT2D eigenvalue weighted by Crippen LogP contribution is -2.08. The van der Waals surface area contributed by atoms with Crippen molar-refractivity contribution < 1.29 is 13.6 Å². The number of halogens is 4. The topological polar surface area (TPSA) is 17.1 Å². The van der Waals surface area contributed by atoms with E-state index in [-0.39, 0.29) is 10.0 Å². The van der Waals surface area contributed by atoms with Gasteiger partial charge in [-0.3, -0.25) is 4.79 Å². The monoisotopic (exact) mass is 422 g/mol. The largest absolute Gasteiger partial charge is 0.288 e. The molecule has 0 unspecified atom stereocenters. The van der Waals surface area contributed by atoms with Gasteiger partial charge < -0.3 is 0 Å². The van der Waals surface area contributed by atoms with Crippen LogP contribution in [0.5, 0.6) is 0 Å². The zero-order valence-electron chi connectivity index (χ0n) is 8.88. The maximum Gasteiger partial charge on any atom is 0.198 e. The first-order valence-electron chi connectivity index (χ1n) is 4.94. The van der Waals surface area contributed by atoms with E-state index in [1.807, 2.05) is 0 Å². The van der Waals surface area contributed by atoms with Crippen LogP contribution < -0.4 is 0 Å². The summed E-state index contributed by atoms with van der Waals surface area (Å²) in [6.45, 7) is 0. The van der Waals surface area contributed by atoms with Crippen molar-refractivity contribution in [3.8, 4) is 0 Å². The van der Waals surface area contributed by atoms with Crippen LogP contribution in [0.2, 0.25) is 0 Å². The molecule has 0 aliphatic heterocycles. The molecule has 1 nitrogen and oxygen atoms in total. The van der Waals surface area contributed by atoms with Crippen LogP contribution in [-0.4, -0.2) is 5.78 Å². The molecule has 0 aliphatic carbocycles. The third-order valence-electron chi connectivity index (χ3n) is 2.38. The van der Waals surface area contributed by atoms with Crippen LogP contribution in [0.3, 0.4) is 0 Å². The van der Waals surface area contributed by atoms with Crippen LogP contribution in [0.4, 0.5) is 8.78 Å². The molecule has 18 heavy (non-hydrogen) atoms. The molecule has 0 fully saturated rings. The number of rotatable bonds is 2. The second-order valence-electron chi connectivity index (χ2n) is 3.55. The summed E-state index contributed by atoms with van der Waals surface area (Å²) >= 11 is 5.02. The van der Waals surface area contributed by atoms with E-state index in [2.05, 4.69) is 38.5 Å². The zero-order chi connectivity index (χ0) is 13.3. The van der Waals surface area contributed by atoms with Gasteiger partial charge in [-0.05, 0) is 74.9 Å². The molecule has 0 atom stereocenters. The second kappa shape index (κ2) is 5.44. The Bertz CT molecular complexity index is 611. The van der Waals surface area contributed by atoms with Gasteiger partial charge in [-0.15, -0.1) is 0 Å². The molecule has 0 aliphatic rings. The van der Waals surface area contributed by atoms with Gasteiger partial charge in [-0.1, -0.05) is 0 Å². The molecule has 0 saturated heterocycles. The maximum atomic E-state index is 13.8. The van der Waals surface area contributed by atoms with E-state index in [0.717, 1.165) is 9.64 Å². The highest BCUT2D eigenvalue weighted by Gasteiger charge is 2.20. The fraction of sp³-hybridized carbons (Fsp3) is 0. The highest BCUT2D eigenvalue weighted by Crippen LogP contribution is 2.24. The predicted octanol–water partition coefficient (Wildman–Crippen LogP) is 4.56. The van der Waals surface area contributed by atoms with Gasteiger partial charge in [0.25, 0.3) is 0 Å². The lowest BCUT2D eigenvalue weighted by molar-refractivity contribution is 0.103. The molecule has 0 saturated carbocycles. The van der Waals surface area contributed by atoms with Gasteiger partial charge in [0.15, 0.2) is 11.6 Å². The Labute approximate surface area is 124 Å². The molecule has 92 valence electrons. The van der Waals surface area contributed by atoms with Gasteiger partial charge >= 0.3 is 0 Å². The Balaban J connectivity index is 2.52. The summed E-state index contributed by atoms with van der Waals surface area (Å²) in [6, 6.07) is 8.80. The van der Waals surface area contributed by atoms with E-state index in [9.17, 15) is 13.6 Å². The van der Waals surface area contributed by atoms with Crippen molar-refractivity contribution in [3.63, 3.8) is 0 Å². The summed E-state index contributed by atoms with van der Waals surface area (Å²) in [5.41, 5.74) is -0.281. The third kappa shape index (κ3) is 2.61. The summed E-state index contributed by atoms with van der Waals surface area (Å²) in [4.78, 5) is 12.0. The van der Waals surface area contributed by atoms with Crippen molar-refractivity contribution in [2.45, 2.75) is 0 Å². The molecule has 0 bridgehead atoms. The number of carbonyl (C=O) groups excluding carboxylic acids is 1. The van der Waals surface area contributed by atoms with E-state index in [1.54, 1.807) is 24.3 Å². The summed E-state index contributed by atoms with van der Waals surface area (Å²) < 4.78 is 28.3. The molecule has 0 heterocycles. The van der Waals surface area contributed by atoms with Gasteiger partial charge in [0, 0.05) is 9.13 Å². The van der Waals surface area contributed by atoms with Gasteiger partial charge in [-0.2, -0.15) is 0 Å². The van der Waals surface area contributed by atoms with Crippen LogP contribution in [0.1, 0.15) is 15.9 Å². The van der Waals surface area contributed by atoms with Crippen LogP contribution in [-0.2, 0) is 0 Å². The summed E-state index contributed by atoms with van der Waals surface area (Å²) in [5, 5.41) is 0. The van der Waals surface area contributed by atoms with Crippen molar-refractivity contribution in [2.75, 3.05) is 0 Å². The normalized spacial score (nSPS) is 10.4. The fourth-order valence-corrected chi connectivity index (χ4v) is 2.17. The molecule has 0 N–H and O–H groups in total. The molecular formula is C13H6BrF2IO. The van der Waals surface area contributed by atoms with Gasteiger partial charge in [-0.25, -0.2) is 8.78 Å². The highest BCUT2D eigenvalue weighted by atomic mass is 127. The quantitative estimate of drug-likeness (QED) is 0.394. The predicted molar refractivity (Wildman–Crippen MR) is 76.6 cm³/mol. The van der Waals surface area contributed by atoms with E-state index >= 15 is 0 Å².